The van der Waals surface area contributed by atoms with E-state index in [1.165, 1.54) is 4.70 Å². The molecule has 0 saturated carbocycles. The number of fused-ring (bicyclic) bond motifs is 1. The van der Waals surface area contributed by atoms with E-state index in [2.05, 4.69) is 16.4 Å². The summed E-state index contributed by atoms with van der Waals surface area (Å²) in [7, 11) is 0. The number of benzene rings is 1. The molecule has 0 spiro atoms. The van der Waals surface area contributed by atoms with Crippen LogP contribution in [0.4, 0.5) is 5.13 Å². The van der Waals surface area contributed by atoms with Crippen molar-refractivity contribution in [1.29, 1.82) is 0 Å². The molecule has 4 heteroatoms. The summed E-state index contributed by atoms with van der Waals surface area (Å²) in [6.07, 6.45) is 0.488. The summed E-state index contributed by atoms with van der Waals surface area (Å²) in [5.74, 6) is 0. The summed E-state index contributed by atoms with van der Waals surface area (Å²) >= 11 is 1.65. The van der Waals surface area contributed by atoms with Gasteiger partial charge in [-0.3, -0.25) is 0 Å². The van der Waals surface area contributed by atoms with Crippen molar-refractivity contribution in [2.24, 2.45) is 0 Å². The number of hydrogen-bond acceptors (Lipinski definition) is 4. The maximum absolute atomic E-state index is 9.11. The molecule has 2 aromatic rings. The maximum Gasteiger partial charge on any atom is 0.183 e. The Morgan fingerprint density at radius 1 is 1.47 bits per heavy atom. The van der Waals surface area contributed by atoms with Crippen molar-refractivity contribution in [3.8, 4) is 0 Å². The summed E-state index contributed by atoms with van der Waals surface area (Å²) in [6, 6.07) is 8.07. The zero-order valence-electron chi connectivity index (χ0n) is 8.60. The first-order valence-corrected chi connectivity index (χ1v) is 5.85. The molecular weight excluding hydrogens is 208 g/mol. The van der Waals surface area contributed by atoms with Crippen LogP contribution in [-0.4, -0.2) is 22.7 Å². The summed E-state index contributed by atoms with van der Waals surface area (Å²) < 4.78 is 1.19. The Morgan fingerprint density at radius 2 is 2.27 bits per heavy atom. The van der Waals surface area contributed by atoms with Gasteiger partial charge in [-0.05, 0) is 25.5 Å². The Bertz CT molecular complexity index is 406. The van der Waals surface area contributed by atoms with E-state index in [1.807, 2.05) is 18.2 Å². The van der Waals surface area contributed by atoms with Crippen molar-refractivity contribution in [1.82, 2.24) is 4.98 Å². The first-order valence-electron chi connectivity index (χ1n) is 5.03. The van der Waals surface area contributed by atoms with Crippen molar-refractivity contribution in [3.63, 3.8) is 0 Å². The molecule has 1 aromatic heterocycles. The van der Waals surface area contributed by atoms with Gasteiger partial charge in [-0.25, -0.2) is 4.98 Å². The second-order valence-corrected chi connectivity index (χ2v) is 4.58. The monoisotopic (exact) mass is 222 g/mol. The second-order valence-electron chi connectivity index (χ2n) is 3.55. The minimum Gasteiger partial charge on any atom is -0.393 e. The van der Waals surface area contributed by atoms with Crippen LogP contribution in [0.25, 0.3) is 10.2 Å². The van der Waals surface area contributed by atoms with Crippen molar-refractivity contribution in [2.45, 2.75) is 19.4 Å². The summed E-state index contributed by atoms with van der Waals surface area (Å²) in [5, 5.41) is 13.3. The van der Waals surface area contributed by atoms with Crippen LogP contribution in [0.5, 0.6) is 0 Å². The molecule has 0 aliphatic heterocycles. The first-order chi connectivity index (χ1) is 7.25. The lowest BCUT2D eigenvalue weighted by Crippen LogP contribution is -2.09. The molecule has 0 saturated heterocycles. The van der Waals surface area contributed by atoms with Crippen LogP contribution in [0, 0.1) is 0 Å². The molecule has 1 aromatic carbocycles. The largest absolute Gasteiger partial charge is 0.393 e. The van der Waals surface area contributed by atoms with Gasteiger partial charge >= 0.3 is 0 Å². The molecular formula is C11H14N2OS. The summed E-state index contributed by atoms with van der Waals surface area (Å²) in [6.45, 7) is 2.55. The van der Waals surface area contributed by atoms with Crippen molar-refractivity contribution >= 4 is 26.7 Å². The topological polar surface area (TPSA) is 45.1 Å². The lowest BCUT2D eigenvalue weighted by molar-refractivity contribution is 0.189. The Labute approximate surface area is 92.8 Å². The Morgan fingerprint density at radius 3 is 3.00 bits per heavy atom. The zero-order chi connectivity index (χ0) is 10.7. The number of para-hydroxylation sites is 1. The van der Waals surface area contributed by atoms with Gasteiger partial charge in [0, 0.05) is 6.54 Å². The fraction of sp³-hybridized carbons (Fsp3) is 0.364. The van der Waals surface area contributed by atoms with Crippen LogP contribution in [0.3, 0.4) is 0 Å². The van der Waals surface area contributed by atoms with Crippen LogP contribution in [0.15, 0.2) is 24.3 Å². The van der Waals surface area contributed by atoms with Gasteiger partial charge in [-0.2, -0.15) is 0 Å². The third-order valence-electron chi connectivity index (χ3n) is 2.13. The molecule has 0 radical (unpaired) electrons. The normalized spacial score (nSPS) is 12.9. The molecule has 1 heterocycles. The average Bonchev–Trinajstić information content (AvgIpc) is 2.59. The van der Waals surface area contributed by atoms with Gasteiger partial charge in [0.15, 0.2) is 5.13 Å². The average molecular weight is 222 g/mol. The van der Waals surface area contributed by atoms with E-state index in [1.54, 1.807) is 18.3 Å². The molecule has 0 aliphatic rings. The van der Waals surface area contributed by atoms with E-state index < -0.39 is 0 Å². The number of aliphatic hydroxyl groups is 1. The molecule has 1 atom stereocenters. The second kappa shape index (κ2) is 4.59. The molecule has 3 nitrogen and oxygen atoms in total. The Hall–Kier alpha value is -1.13. The fourth-order valence-electron chi connectivity index (χ4n) is 1.34. The highest BCUT2D eigenvalue weighted by Gasteiger charge is 2.02. The van der Waals surface area contributed by atoms with Crippen LogP contribution in [-0.2, 0) is 0 Å². The first kappa shape index (κ1) is 10.4. The van der Waals surface area contributed by atoms with E-state index in [-0.39, 0.29) is 6.10 Å². The van der Waals surface area contributed by atoms with Crippen LogP contribution < -0.4 is 5.32 Å². The third kappa shape index (κ3) is 2.67. The molecule has 0 fully saturated rings. The van der Waals surface area contributed by atoms with E-state index >= 15 is 0 Å². The van der Waals surface area contributed by atoms with E-state index in [9.17, 15) is 0 Å². The summed E-state index contributed by atoms with van der Waals surface area (Å²) in [4.78, 5) is 4.44. The van der Waals surface area contributed by atoms with E-state index in [0.29, 0.717) is 0 Å². The summed E-state index contributed by atoms with van der Waals surface area (Å²) in [5.41, 5.74) is 1.03. The van der Waals surface area contributed by atoms with Crippen molar-refractivity contribution in [2.75, 3.05) is 11.9 Å². The third-order valence-corrected chi connectivity index (χ3v) is 3.13. The predicted octanol–water partition coefficient (Wildman–Crippen LogP) is 2.48. The van der Waals surface area contributed by atoms with E-state index in [0.717, 1.165) is 23.6 Å². The van der Waals surface area contributed by atoms with Crippen LogP contribution in [0.2, 0.25) is 0 Å². The number of hydrogen-bond donors (Lipinski definition) is 2. The van der Waals surface area contributed by atoms with Crippen LogP contribution in [0.1, 0.15) is 13.3 Å². The quantitative estimate of drug-likeness (QED) is 0.835. The predicted molar refractivity (Wildman–Crippen MR) is 64.4 cm³/mol. The molecule has 2 N–H and O–H groups in total. The van der Waals surface area contributed by atoms with Crippen LogP contribution >= 0.6 is 11.3 Å². The van der Waals surface area contributed by atoms with Gasteiger partial charge < -0.3 is 10.4 Å². The number of thiazole rings is 1. The number of rotatable bonds is 4. The smallest absolute Gasteiger partial charge is 0.183 e. The van der Waals surface area contributed by atoms with Crippen molar-refractivity contribution < 1.29 is 5.11 Å². The molecule has 80 valence electrons. The number of aliphatic hydroxyl groups excluding tert-OH is 1. The minimum absolute atomic E-state index is 0.258. The zero-order valence-corrected chi connectivity index (χ0v) is 9.42. The molecule has 1 unspecified atom stereocenters. The Kier molecular flexibility index (Phi) is 3.18. The van der Waals surface area contributed by atoms with Gasteiger partial charge in [-0.1, -0.05) is 23.5 Å². The SMILES string of the molecule is CC(O)CCNc1nc2ccccc2s1. The van der Waals surface area contributed by atoms with Crippen molar-refractivity contribution in [3.05, 3.63) is 24.3 Å². The molecule has 15 heavy (non-hydrogen) atoms. The lowest BCUT2D eigenvalue weighted by atomic mass is 10.3. The van der Waals surface area contributed by atoms with Gasteiger partial charge in [0.1, 0.15) is 0 Å². The maximum atomic E-state index is 9.11. The Balaban J connectivity index is 2.03. The van der Waals surface area contributed by atoms with Gasteiger partial charge in [0.2, 0.25) is 0 Å². The number of nitrogens with zero attached hydrogens (tertiary/aromatic N) is 1. The van der Waals surface area contributed by atoms with Gasteiger partial charge in [0.05, 0.1) is 16.3 Å². The highest BCUT2D eigenvalue weighted by atomic mass is 32.1. The molecule has 0 bridgehead atoms. The lowest BCUT2D eigenvalue weighted by Gasteiger charge is -2.03. The number of nitrogens with one attached hydrogen (secondary N) is 1. The highest BCUT2D eigenvalue weighted by Crippen LogP contribution is 2.25. The fourth-order valence-corrected chi connectivity index (χ4v) is 2.23. The van der Waals surface area contributed by atoms with Gasteiger partial charge in [0.25, 0.3) is 0 Å². The molecule has 0 amide bonds. The number of aromatic nitrogens is 1. The van der Waals surface area contributed by atoms with E-state index in [4.69, 9.17) is 5.11 Å². The minimum atomic E-state index is -0.258. The molecule has 0 aliphatic carbocycles. The van der Waals surface area contributed by atoms with Gasteiger partial charge in [-0.15, -0.1) is 0 Å². The number of anilines is 1. The standard InChI is InChI=1S/C11H14N2OS/c1-8(14)6-7-12-11-13-9-4-2-3-5-10(9)15-11/h2-5,8,14H,6-7H2,1H3,(H,12,13). The highest BCUT2D eigenvalue weighted by molar-refractivity contribution is 7.22. The molecule has 2 rings (SSSR count).